The highest BCUT2D eigenvalue weighted by molar-refractivity contribution is 7.18. The van der Waals surface area contributed by atoms with Gasteiger partial charge in [0, 0.05) is 12.5 Å². The normalized spacial score (nSPS) is 26.4. The molecule has 3 aliphatic heterocycles. The topological polar surface area (TPSA) is 36.4 Å². The minimum absolute atomic E-state index is 0.326. The number of aromatic nitrogens is 1. The fourth-order valence-corrected chi connectivity index (χ4v) is 6.24. The fraction of sp³-hybridized carbons (Fsp3) is 0.458. The van der Waals surface area contributed by atoms with Crippen molar-refractivity contribution in [1.29, 1.82) is 0 Å². The Labute approximate surface area is 171 Å². The molecule has 0 spiro atoms. The predicted molar refractivity (Wildman–Crippen MR) is 116 cm³/mol. The van der Waals surface area contributed by atoms with Crippen LogP contribution in [0.4, 0.5) is 0 Å². The molecular formula is C24H28N2OS. The van der Waals surface area contributed by atoms with E-state index in [1.807, 2.05) is 6.07 Å². The summed E-state index contributed by atoms with van der Waals surface area (Å²) >= 11 is 1.75. The first-order valence-electron chi connectivity index (χ1n) is 10.5. The molecule has 0 amide bonds. The lowest BCUT2D eigenvalue weighted by Crippen LogP contribution is -2.55. The monoisotopic (exact) mass is 392 g/mol. The van der Waals surface area contributed by atoms with Gasteiger partial charge in [-0.2, -0.15) is 0 Å². The van der Waals surface area contributed by atoms with E-state index in [2.05, 4.69) is 59.3 Å². The number of aryl methyl sites for hydroxylation is 2. The van der Waals surface area contributed by atoms with Crippen LogP contribution in [0.5, 0.6) is 0 Å². The zero-order valence-corrected chi connectivity index (χ0v) is 17.3. The first kappa shape index (κ1) is 18.3. The standard InChI is InChI=1S/C24H28N2OS/c1-17-25-22-8-7-18(15-23(22)28-17)9-12-24(27,20-5-3-2-4-6-20)21-16-26-13-10-19(21)11-14-26/h2-8,15,19,21,27H,9-14,16H2,1H3. The van der Waals surface area contributed by atoms with E-state index in [0.29, 0.717) is 11.8 Å². The van der Waals surface area contributed by atoms with E-state index in [9.17, 15) is 5.11 Å². The summed E-state index contributed by atoms with van der Waals surface area (Å²) in [4.78, 5) is 7.12. The largest absolute Gasteiger partial charge is 0.385 e. The van der Waals surface area contributed by atoms with Crippen molar-refractivity contribution in [2.75, 3.05) is 19.6 Å². The molecule has 2 aromatic carbocycles. The van der Waals surface area contributed by atoms with Crippen molar-refractivity contribution in [2.45, 2.75) is 38.2 Å². The quantitative estimate of drug-likeness (QED) is 0.680. The Morgan fingerprint density at radius 1 is 1.14 bits per heavy atom. The van der Waals surface area contributed by atoms with E-state index < -0.39 is 5.60 Å². The van der Waals surface area contributed by atoms with Gasteiger partial charge in [-0.15, -0.1) is 11.3 Å². The highest BCUT2D eigenvalue weighted by atomic mass is 32.1. The number of fused-ring (bicyclic) bond motifs is 4. The highest BCUT2D eigenvalue weighted by Crippen LogP contribution is 2.45. The number of hydrogen-bond donors (Lipinski definition) is 1. The van der Waals surface area contributed by atoms with E-state index in [1.54, 1.807) is 11.3 Å². The minimum atomic E-state index is -0.760. The van der Waals surface area contributed by atoms with Crippen molar-refractivity contribution >= 4 is 21.6 Å². The number of aliphatic hydroxyl groups is 1. The first-order chi connectivity index (χ1) is 13.6. The van der Waals surface area contributed by atoms with Gasteiger partial charge >= 0.3 is 0 Å². The third-order valence-electron chi connectivity index (χ3n) is 6.90. The number of rotatable bonds is 5. The van der Waals surface area contributed by atoms with Crippen LogP contribution >= 0.6 is 11.3 Å². The van der Waals surface area contributed by atoms with E-state index in [1.165, 1.54) is 36.2 Å². The summed E-state index contributed by atoms with van der Waals surface area (Å²) in [7, 11) is 0. The van der Waals surface area contributed by atoms with E-state index in [4.69, 9.17) is 0 Å². The van der Waals surface area contributed by atoms with Crippen molar-refractivity contribution in [1.82, 2.24) is 9.88 Å². The highest BCUT2D eigenvalue weighted by Gasteiger charge is 2.47. The van der Waals surface area contributed by atoms with Gasteiger partial charge in [0.15, 0.2) is 0 Å². The molecule has 0 aliphatic carbocycles. The predicted octanol–water partition coefficient (Wildman–Crippen LogP) is 4.77. The second-order valence-corrected chi connectivity index (χ2v) is 9.80. The molecular weight excluding hydrogens is 364 g/mol. The molecule has 1 aromatic heterocycles. The van der Waals surface area contributed by atoms with Gasteiger partial charge in [0.2, 0.25) is 0 Å². The van der Waals surface area contributed by atoms with E-state index in [0.717, 1.165) is 35.5 Å². The van der Waals surface area contributed by atoms with Crippen molar-refractivity contribution < 1.29 is 5.11 Å². The molecule has 3 nitrogen and oxygen atoms in total. The van der Waals surface area contributed by atoms with Crippen LogP contribution in [0.25, 0.3) is 10.2 Å². The molecule has 0 saturated carbocycles. The Morgan fingerprint density at radius 2 is 1.93 bits per heavy atom. The first-order valence-corrected chi connectivity index (χ1v) is 11.3. The fourth-order valence-electron chi connectivity index (χ4n) is 5.35. The lowest BCUT2D eigenvalue weighted by Gasteiger charge is -2.51. The van der Waals surface area contributed by atoms with Gasteiger partial charge in [0.25, 0.3) is 0 Å². The Bertz CT molecular complexity index is 961. The average Bonchev–Trinajstić information content (AvgIpc) is 3.12. The smallest absolute Gasteiger partial charge is 0.0942 e. The summed E-state index contributed by atoms with van der Waals surface area (Å²) in [6, 6.07) is 17.0. The lowest BCUT2D eigenvalue weighted by atomic mass is 9.66. The molecule has 28 heavy (non-hydrogen) atoms. The molecule has 3 fully saturated rings. The van der Waals surface area contributed by atoms with Crippen LogP contribution in [-0.2, 0) is 12.0 Å². The Balaban J connectivity index is 1.44. The van der Waals surface area contributed by atoms with Gasteiger partial charge in [0.1, 0.15) is 0 Å². The van der Waals surface area contributed by atoms with E-state index in [-0.39, 0.29) is 0 Å². The second-order valence-electron chi connectivity index (χ2n) is 8.57. The maximum absolute atomic E-state index is 12.1. The molecule has 0 radical (unpaired) electrons. The van der Waals surface area contributed by atoms with Crippen LogP contribution in [0.15, 0.2) is 48.5 Å². The zero-order chi connectivity index (χ0) is 19.1. The molecule has 3 saturated heterocycles. The Morgan fingerprint density at radius 3 is 2.64 bits per heavy atom. The number of thiazole rings is 1. The molecule has 146 valence electrons. The third kappa shape index (κ3) is 3.28. The molecule has 6 rings (SSSR count). The Hall–Kier alpha value is -1.75. The van der Waals surface area contributed by atoms with Crippen molar-refractivity contribution in [2.24, 2.45) is 11.8 Å². The maximum Gasteiger partial charge on any atom is 0.0942 e. The van der Waals surface area contributed by atoms with Crippen LogP contribution in [0, 0.1) is 18.8 Å². The second kappa shape index (κ2) is 7.25. The van der Waals surface area contributed by atoms with Gasteiger partial charge in [0.05, 0.1) is 20.8 Å². The van der Waals surface area contributed by atoms with Gasteiger partial charge in [-0.05, 0) is 74.9 Å². The maximum atomic E-state index is 12.1. The third-order valence-corrected chi connectivity index (χ3v) is 7.83. The molecule has 4 heterocycles. The van der Waals surface area contributed by atoms with Crippen molar-refractivity contribution in [3.63, 3.8) is 0 Å². The van der Waals surface area contributed by atoms with Gasteiger partial charge in [-0.25, -0.2) is 4.98 Å². The number of piperidine rings is 3. The van der Waals surface area contributed by atoms with Crippen LogP contribution in [0.1, 0.15) is 35.4 Å². The zero-order valence-electron chi connectivity index (χ0n) is 16.5. The summed E-state index contributed by atoms with van der Waals surface area (Å²) in [5.74, 6) is 0.966. The van der Waals surface area contributed by atoms with Gasteiger partial charge in [-0.1, -0.05) is 36.4 Å². The molecule has 1 N–H and O–H groups in total. The van der Waals surface area contributed by atoms with Crippen molar-refractivity contribution in [3.8, 4) is 0 Å². The van der Waals surface area contributed by atoms with E-state index >= 15 is 0 Å². The van der Waals surface area contributed by atoms with Crippen LogP contribution in [-0.4, -0.2) is 34.6 Å². The molecule has 2 bridgehead atoms. The molecule has 2 atom stereocenters. The summed E-state index contributed by atoms with van der Waals surface area (Å²) in [6.07, 6.45) is 4.12. The lowest BCUT2D eigenvalue weighted by molar-refractivity contribution is -0.106. The number of hydrogen-bond acceptors (Lipinski definition) is 4. The summed E-state index contributed by atoms with van der Waals surface area (Å²) < 4.78 is 1.25. The van der Waals surface area contributed by atoms with Crippen molar-refractivity contribution in [3.05, 3.63) is 64.7 Å². The summed E-state index contributed by atoms with van der Waals surface area (Å²) in [5.41, 5.74) is 2.71. The number of benzene rings is 2. The summed E-state index contributed by atoms with van der Waals surface area (Å²) in [6.45, 7) is 5.50. The molecule has 4 heteroatoms. The summed E-state index contributed by atoms with van der Waals surface area (Å²) in [5, 5.41) is 13.2. The van der Waals surface area contributed by atoms with Gasteiger partial charge < -0.3 is 10.0 Å². The van der Waals surface area contributed by atoms with Crippen LogP contribution < -0.4 is 0 Å². The van der Waals surface area contributed by atoms with Gasteiger partial charge in [-0.3, -0.25) is 0 Å². The minimum Gasteiger partial charge on any atom is -0.385 e. The molecule has 3 aromatic rings. The molecule has 3 aliphatic rings. The number of nitrogens with zero attached hydrogens (tertiary/aromatic N) is 2. The average molecular weight is 393 g/mol. The SMILES string of the molecule is Cc1nc2ccc(CCC(O)(c3ccccc3)C3CN4CCC3CC4)cc2s1. The molecule has 2 unspecified atom stereocenters. The van der Waals surface area contributed by atoms with Crippen LogP contribution in [0.3, 0.4) is 0 Å². The van der Waals surface area contributed by atoms with Crippen LogP contribution in [0.2, 0.25) is 0 Å². The Kier molecular flexibility index (Phi) is 4.74.